The van der Waals surface area contributed by atoms with Gasteiger partial charge in [0.2, 0.25) is 0 Å². The molecule has 0 saturated carbocycles. The maximum absolute atomic E-state index is 15.2. The Bertz CT molecular complexity index is 3840. The van der Waals surface area contributed by atoms with Gasteiger partial charge in [-0.2, -0.15) is 0 Å². The highest BCUT2D eigenvalue weighted by atomic mass is 32.1. The van der Waals surface area contributed by atoms with Crippen LogP contribution in [0.25, 0.3) is 84.4 Å². The molecule has 2 unspecified atom stereocenters. The lowest BCUT2D eigenvalue weighted by Crippen LogP contribution is -2.26. The van der Waals surface area contributed by atoms with E-state index in [4.69, 9.17) is 0 Å². The lowest BCUT2D eigenvalue weighted by atomic mass is 9.72. The quantitative estimate of drug-likeness (QED) is 0.162. The molecule has 2 aliphatic carbocycles. The Hall–Kier alpha value is -6.66. The molecule has 314 valence electrons. The molecule has 3 aromatic heterocycles. The van der Waals surface area contributed by atoms with Crippen molar-refractivity contribution in [3.63, 3.8) is 0 Å². The van der Waals surface area contributed by atoms with Gasteiger partial charge in [0.15, 0.2) is 0 Å². The molecule has 65 heavy (non-hydrogen) atoms. The standard InChI is InChI=1S/C60H43F2NS2/c1-34-40-12-4-5-13-41(40)42-28-30-52-55(45-15-7-10-18-50(45)64-52)48(42)32-47(34)57-54(36-20-24-38(61)25-21-36)35(2)60(3,58(57)37-22-26-39(62)27-23-37)33-63-49-17-9-6-14-43(49)44-29-31-53-56(59(44)63)46-16-8-11-19-51(46)65-53/h4-31,34,47H,32-33H2,1-3H3/t34?,47?,60-/m0/s1. The molecule has 0 radical (unpaired) electrons. The third-order valence-electron chi connectivity index (χ3n) is 15.1. The first-order chi connectivity index (χ1) is 31.8. The third kappa shape index (κ3) is 5.65. The monoisotopic (exact) mass is 879 g/mol. The van der Waals surface area contributed by atoms with Crippen LogP contribution in [-0.2, 0) is 13.0 Å². The van der Waals surface area contributed by atoms with Gasteiger partial charge in [-0.15, -0.1) is 22.7 Å². The summed E-state index contributed by atoms with van der Waals surface area (Å²) in [5.74, 6) is -0.416. The lowest BCUT2D eigenvalue weighted by Gasteiger charge is -2.34. The van der Waals surface area contributed by atoms with Gasteiger partial charge in [-0.1, -0.05) is 128 Å². The van der Waals surface area contributed by atoms with Crippen LogP contribution in [0.3, 0.4) is 0 Å². The average Bonchev–Trinajstić information content (AvgIpc) is 4.03. The van der Waals surface area contributed by atoms with Gasteiger partial charge in [-0.3, -0.25) is 0 Å². The Morgan fingerprint density at radius 1 is 0.569 bits per heavy atom. The smallest absolute Gasteiger partial charge is 0.123 e. The number of rotatable bonds is 5. The molecule has 2 aliphatic rings. The minimum absolute atomic E-state index is 0.00391. The van der Waals surface area contributed by atoms with Crippen LogP contribution in [0, 0.1) is 23.0 Å². The van der Waals surface area contributed by atoms with Crippen LogP contribution in [0.1, 0.15) is 48.9 Å². The van der Waals surface area contributed by atoms with Crippen LogP contribution in [0.4, 0.5) is 8.78 Å². The zero-order valence-corrected chi connectivity index (χ0v) is 37.9. The summed E-state index contributed by atoms with van der Waals surface area (Å²) in [6, 6.07) is 59.1. The van der Waals surface area contributed by atoms with E-state index in [1.54, 1.807) is 24.3 Å². The van der Waals surface area contributed by atoms with E-state index in [1.807, 2.05) is 46.9 Å². The van der Waals surface area contributed by atoms with E-state index in [2.05, 4.69) is 147 Å². The number of hydrogen-bond donors (Lipinski definition) is 0. The number of allylic oxidation sites excluding steroid dienone is 4. The van der Waals surface area contributed by atoms with Crippen LogP contribution >= 0.6 is 22.7 Å². The molecule has 13 rings (SSSR count). The fourth-order valence-electron chi connectivity index (χ4n) is 12.0. The number of thiophene rings is 2. The van der Waals surface area contributed by atoms with Crippen LogP contribution in [0.5, 0.6) is 0 Å². The molecule has 3 atom stereocenters. The van der Waals surface area contributed by atoms with Crippen molar-refractivity contribution in [2.75, 3.05) is 0 Å². The Kier molecular flexibility index (Phi) is 8.60. The van der Waals surface area contributed by atoms with Gasteiger partial charge >= 0.3 is 0 Å². The molecule has 11 aromatic rings. The minimum Gasteiger partial charge on any atom is -0.339 e. The molecule has 0 amide bonds. The predicted octanol–water partition coefficient (Wildman–Crippen LogP) is 17.4. The molecule has 1 nitrogen and oxygen atoms in total. The Morgan fingerprint density at radius 2 is 1.15 bits per heavy atom. The number of nitrogens with zero attached hydrogens (tertiary/aromatic N) is 1. The van der Waals surface area contributed by atoms with Crippen LogP contribution in [-0.4, -0.2) is 4.57 Å². The van der Waals surface area contributed by atoms with E-state index < -0.39 is 5.41 Å². The van der Waals surface area contributed by atoms with Gasteiger partial charge in [-0.05, 0) is 137 Å². The second-order valence-electron chi connectivity index (χ2n) is 18.4. The van der Waals surface area contributed by atoms with Crippen LogP contribution < -0.4 is 0 Å². The van der Waals surface area contributed by atoms with Gasteiger partial charge in [-0.25, -0.2) is 8.78 Å². The zero-order chi connectivity index (χ0) is 43.7. The summed E-state index contributed by atoms with van der Waals surface area (Å²) in [6.07, 6.45) is 0.800. The Balaban J connectivity index is 1.14. The van der Waals surface area contributed by atoms with Gasteiger partial charge in [0.05, 0.1) is 5.52 Å². The maximum atomic E-state index is 15.2. The van der Waals surface area contributed by atoms with Crippen LogP contribution in [0.2, 0.25) is 0 Å². The number of benzene rings is 8. The predicted molar refractivity (Wildman–Crippen MR) is 273 cm³/mol. The molecule has 8 aromatic carbocycles. The first kappa shape index (κ1) is 38.8. The summed E-state index contributed by atoms with van der Waals surface area (Å²) in [6.45, 7) is 7.78. The van der Waals surface area contributed by atoms with Crippen molar-refractivity contribution in [3.8, 4) is 11.1 Å². The summed E-state index contributed by atoms with van der Waals surface area (Å²) in [5.41, 5.74) is 14.0. The summed E-state index contributed by atoms with van der Waals surface area (Å²) in [7, 11) is 0. The van der Waals surface area contributed by atoms with E-state index in [9.17, 15) is 0 Å². The molecule has 0 aliphatic heterocycles. The SMILES string of the molecule is CC1=C(c2ccc(F)cc2)C(C2Cc3c(ccc4sc5ccccc5c34)-c3ccccc3C2C)=C(c2ccc(F)cc2)[C@@]1(C)Cn1c2ccccc2c2ccc3sc4ccccc4c3c21. The number of aromatic nitrogens is 1. The molecule has 3 heterocycles. The van der Waals surface area contributed by atoms with Crippen molar-refractivity contribution in [3.05, 3.63) is 215 Å². The van der Waals surface area contributed by atoms with Crippen molar-refractivity contribution in [2.45, 2.75) is 39.7 Å². The average molecular weight is 880 g/mol. The molecule has 5 heteroatoms. The summed E-state index contributed by atoms with van der Waals surface area (Å²) >= 11 is 3.72. The van der Waals surface area contributed by atoms with E-state index in [-0.39, 0.29) is 23.5 Å². The van der Waals surface area contributed by atoms with Crippen molar-refractivity contribution in [2.24, 2.45) is 11.3 Å². The van der Waals surface area contributed by atoms with Gasteiger partial charge in [0.1, 0.15) is 11.6 Å². The largest absolute Gasteiger partial charge is 0.339 e. The molecule has 0 bridgehead atoms. The number of fused-ring (bicyclic) bond motifs is 14. The number of hydrogen-bond acceptors (Lipinski definition) is 2. The van der Waals surface area contributed by atoms with Gasteiger partial charge in [0.25, 0.3) is 0 Å². The zero-order valence-electron chi connectivity index (χ0n) is 36.3. The summed E-state index contributed by atoms with van der Waals surface area (Å²) in [4.78, 5) is 0. The van der Waals surface area contributed by atoms with Crippen molar-refractivity contribution < 1.29 is 8.78 Å². The second kappa shape index (κ2) is 14.4. The molecular weight excluding hydrogens is 837 g/mol. The first-order valence-electron chi connectivity index (χ1n) is 22.6. The molecule has 0 fully saturated rings. The van der Waals surface area contributed by atoms with Crippen molar-refractivity contribution in [1.29, 1.82) is 0 Å². The van der Waals surface area contributed by atoms with E-state index in [1.165, 1.54) is 107 Å². The van der Waals surface area contributed by atoms with Gasteiger partial charge < -0.3 is 4.57 Å². The Labute approximate surface area is 384 Å². The topological polar surface area (TPSA) is 4.93 Å². The van der Waals surface area contributed by atoms with Crippen molar-refractivity contribution >= 4 is 96.0 Å². The maximum Gasteiger partial charge on any atom is 0.123 e. The fourth-order valence-corrected chi connectivity index (χ4v) is 14.3. The molecule has 0 N–H and O–H groups in total. The van der Waals surface area contributed by atoms with E-state index in [0.29, 0.717) is 6.54 Å². The number of halogens is 2. The fraction of sp³-hybridized carbons (Fsp3) is 0.133. The molecule has 0 saturated heterocycles. The first-order valence-corrected chi connectivity index (χ1v) is 24.2. The highest BCUT2D eigenvalue weighted by molar-refractivity contribution is 7.26. The number of para-hydroxylation sites is 1. The summed E-state index contributed by atoms with van der Waals surface area (Å²) < 4.78 is 38.0. The minimum atomic E-state index is -0.588. The second-order valence-corrected chi connectivity index (χ2v) is 20.6. The van der Waals surface area contributed by atoms with E-state index in [0.717, 1.165) is 17.5 Å². The Morgan fingerprint density at radius 3 is 1.88 bits per heavy atom. The van der Waals surface area contributed by atoms with Crippen molar-refractivity contribution in [1.82, 2.24) is 4.57 Å². The molecule has 0 spiro atoms. The van der Waals surface area contributed by atoms with Gasteiger partial charge in [0, 0.05) is 68.6 Å². The molecular formula is C60H43F2NS2. The normalized spacial score (nSPS) is 18.8. The summed E-state index contributed by atoms with van der Waals surface area (Å²) in [5, 5.41) is 7.65. The van der Waals surface area contributed by atoms with E-state index >= 15 is 8.78 Å². The highest BCUT2D eigenvalue weighted by Gasteiger charge is 2.47. The highest BCUT2D eigenvalue weighted by Crippen LogP contribution is 2.61. The third-order valence-corrected chi connectivity index (χ3v) is 17.4. The van der Waals surface area contributed by atoms with Crippen LogP contribution in [0.15, 0.2) is 181 Å². The lowest BCUT2D eigenvalue weighted by molar-refractivity contribution is 0.458.